The molecule has 1 saturated heterocycles. The van der Waals surface area contributed by atoms with Crippen LogP contribution in [0.1, 0.15) is 30.5 Å². The van der Waals surface area contributed by atoms with Crippen LogP contribution in [-0.2, 0) is 13.1 Å². The molecule has 1 aromatic carbocycles. The summed E-state index contributed by atoms with van der Waals surface area (Å²) in [6, 6.07) is 11.6. The van der Waals surface area contributed by atoms with Crippen LogP contribution < -0.4 is 5.32 Å². The first-order valence-electron chi connectivity index (χ1n) is 8.51. The third-order valence-corrected chi connectivity index (χ3v) is 5.32. The molecule has 1 unspecified atom stereocenters. The largest absolute Gasteiger partial charge is 0.317 e. The van der Waals surface area contributed by atoms with E-state index < -0.39 is 0 Å². The van der Waals surface area contributed by atoms with E-state index in [2.05, 4.69) is 31.1 Å². The maximum Gasteiger partial charge on any atom is 0.128 e. The molecule has 1 N–H and O–H groups in total. The van der Waals surface area contributed by atoms with Crippen LogP contribution >= 0.6 is 28.3 Å². The van der Waals surface area contributed by atoms with Gasteiger partial charge in [-0.25, -0.2) is 4.39 Å². The summed E-state index contributed by atoms with van der Waals surface area (Å²) in [6.07, 6.45) is 5.19. The van der Waals surface area contributed by atoms with Gasteiger partial charge < -0.3 is 5.32 Å². The van der Waals surface area contributed by atoms with Gasteiger partial charge in [-0.2, -0.15) is 0 Å². The second kappa shape index (κ2) is 10.2. The molecule has 0 amide bonds. The summed E-state index contributed by atoms with van der Waals surface area (Å²) in [5.41, 5.74) is 1.76. The summed E-state index contributed by atoms with van der Waals surface area (Å²) in [6.45, 7) is 3.42. The van der Waals surface area contributed by atoms with Crippen LogP contribution in [0.5, 0.6) is 0 Å². The molecule has 1 aliphatic rings. The Bertz CT molecular complexity index is 628. The highest BCUT2D eigenvalue weighted by molar-refractivity contribution is 9.10. The SMILES string of the molecule is Cl.Fc1cccc(Br)c1CN(Cc1ccccn1)C1CCCNCC1. The van der Waals surface area contributed by atoms with E-state index in [1.54, 1.807) is 6.07 Å². The minimum Gasteiger partial charge on any atom is -0.317 e. The lowest BCUT2D eigenvalue weighted by atomic mass is 10.1. The Morgan fingerprint density at radius 3 is 2.76 bits per heavy atom. The molecule has 0 spiro atoms. The lowest BCUT2D eigenvalue weighted by Gasteiger charge is -2.31. The zero-order chi connectivity index (χ0) is 16.8. The first-order chi connectivity index (χ1) is 11.7. The van der Waals surface area contributed by atoms with Gasteiger partial charge in [0, 0.05) is 35.4 Å². The Labute approximate surface area is 163 Å². The molecule has 1 fully saturated rings. The number of halogens is 3. The van der Waals surface area contributed by atoms with Gasteiger partial charge >= 0.3 is 0 Å². The monoisotopic (exact) mass is 427 g/mol. The molecule has 1 atom stereocenters. The van der Waals surface area contributed by atoms with Crippen molar-refractivity contribution in [2.24, 2.45) is 0 Å². The molecule has 2 aromatic rings. The van der Waals surface area contributed by atoms with Gasteiger partial charge in [-0.3, -0.25) is 9.88 Å². The van der Waals surface area contributed by atoms with Crippen molar-refractivity contribution in [2.75, 3.05) is 13.1 Å². The minimum absolute atomic E-state index is 0. The molecule has 0 saturated carbocycles. The molecule has 0 bridgehead atoms. The summed E-state index contributed by atoms with van der Waals surface area (Å²) in [5, 5.41) is 3.46. The highest BCUT2D eigenvalue weighted by Gasteiger charge is 2.22. The molecular formula is C19H24BrClFN3. The fourth-order valence-electron chi connectivity index (χ4n) is 3.27. The van der Waals surface area contributed by atoms with E-state index in [9.17, 15) is 4.39 Å². The van der Waals surface area contributed by atoms with Crippen molar-refractivity contribution >= 4 is 28.3 Å². The summed E-state index contributed by atoms with van der Waals surface area (Å²) in [4.78, 5) is 6.83. The van der Waals surface area contributed by atoms with Crippen molar-refractivity contribution in [2.45, 2.75) is 38.4 Å². The van der Waals surface area contributed by atoms with Gasteiger partial charge in [-0.1, -0.05) is 28.1 Å². The normalized spacial score (nSPS) is 17.8. The number of hydrogen-bond donors (Lipinski definition) is 1. The Morgan fingerprint density at radius 1 is 1.12 bits per heavy atom. The highest BCUT2D eigenvalue weighted by Crippen LogP contribution is 2.25. The Balaban J connectivity index is 0.00000225. The number of nitrogens with one attached hydrogen (secondary N) is 1. The van der Waals surface area contributed by atoms with Crippen molar-refractivity contribution in [1.29, 1.82) is 0 Å². The van der Waals surface area contributed by atoms with Gasteiger partial charge in [0.05, 0.1) is 5.69 Å². The van der Waals surface area contributed by atoms with E-state index >= 15 is 0 Å². The molecular weight excluding hydrogens is 405 g/mol. The van der Waals surface area contributed by atoms with E-state index in [0.717, 1.165) is 54.6 Å². The predicted octanol–water partition coefficient (Wildman–Crippen LogP) is 4.55. The van der Waals surface area contributed by atoms with E-state index in [-0.39, 0.29) is 18.2 Å². The third kappa shape index (κ3) is 5.74. The first kappa shape index (κ1) is 20.3. The molecule has 3 rings (SSSR count). The van der Waals surface area contributed by atoms with Crippen molar-refractivity contribution in [3.8, 4) is 0 Å². The molecule has 0 aliphatic carbocycles. The quantitative estimate of drug-likeness (QED) is 0.757. The molecule has 2 heterocycles. The van der Waals surface area contributed by atoms with Gasteiger partial charge in [0.15, 0.2) is 0 Å². The Hall–Kier alpha value is -1.01. The van der Waals surface area contributed by atoms with Crippen LogP contribution in [0.25, 0.3) is 0 Å². The molecule has 3 nitrogen and oxygen atoms in total. The smallest absolute Gasteiger partial charge is 0.128 e. The summed E-state index contributed by atoms with van der Waals surface area (Å²) in [5.74, 6) is -0.151. The van der Waals surface area contributed by atoms with Crippen LogP contribution in [0.2, 0.25) is 0 Å². The van der Waals surface area contributed by atoms with Gasteiger partial charge in [-0.15, -0.1) is 12.4 Å². The fraction of sp³-hybridized carbons (Fsp3) is 0.421. The van der Waals surface area contributed by atoms with Crippen molar-refractivity contribution in [3.63, 3.8) is 0 Å². The van der Waals surface area contributed by atoms with Crippen LogP contribution in [-0.4, -0.2) is 29.0 Å². The van der Waals surface area contributed by atoms with Crippen LogP contribution in [0, 0.1) is 5.82 Å². The number of rotatable bonds is 5. The van der Waals surface area contributed by atoms with Crippen molar-refractivity contribution in [1.82, 2.24) is 15.2 Å². The number of benzene rings is 1. The highest BCUT2D eigenvalue weighted by atomic mass is 79.9. The van der Waals surface area contributed by atoms with Gasteiger partial charge in [0.25, 0.3) is 0 Å². The maximum atomic E-state index is 14.3. The van der Waals surface area contributed by atoms with Gasteiger partial charge in [-0.05, 0) is 56.6 Å². The zero-order valence-corrected chi connectivity index (χ0v) is 16.5. The summed E-state index contributed by atoms with van der Waals surface area (Å²) >= 11 is 3.51. The summed E-state index contributed by atoms with van der Waals surface area (Å²) in [7, 11) is 0. The number of pyridine rings is 1. The number of nitrogens with zero attached hydrogens (tertiary/aromatic N) is 2. The van der Waals surface area contributed by atoms with E-state index in [1.807, 2.05) is 30.5 Å². The molecule has 1 aliphatic heterocycles. The Morgan fingerprint density at radius 2 is 2.00 bits per heavy atom. The van der Waals surface area contributed by atoms with Crippen molar-refractivity contribution < 1.29 is 4.39 Å². The van der Waals surface area contributed by atoms with Crippen LogP contribution in [0.4, 0.5) is 4.39 Å². The third-order valence-electron chi connectivity index (χ3n) is 4.58. The second-order valence-corrected chi connectivity index (χ2v) is 7.12. The standard InChI is InChI=1S/C19H23BrFN3.ClH/c20-18-7-3-8-19(21)17(18)14-24(13-15-5-1-2-11-23-15)16-6-4-10-22-12-9-16;/h1-3,5,7-8,11,16,22H,4,6,9-10,12-14H2;1H. The maximum absolute atomic E-state index is 14.3. The fourth-order valence-corrected chi connectivity index (χ4v) is 3.73. The molecule has 136 valence electrons. The summed E-state index contributed by atoms with van der Waals surface area (Å²) < 4.78 is 15.1. The zero-order valence-electron chi connectivity index (χ0n) is 14.1. The van der Waals surface area contributed by atoms with Gasteiger partial charge in [0.2, 0.25) is 0 Å². The van der Waals surface area contributed by atoms with E-state index in [1.165, 1.54) is 6.07 Å². The van der Waals surface area contributed by atoms with Crippen LogP contribution in [0.3, 0.4) is 0 Å². The topological polar surface area (TPSA) is 28.2 Å². The average molecular weight is 429 g/mol. The lowest BCUT2D eigenvalue weighted by Crippen LogP contribution is -2.35. The number of aromatic nitrogens is 1. The molecule has 25 heavy (non-hydrogen) atoms. The molecule has 0 radical (unpaired) electrons. The minimum atomic E-state index is -0.151. The van der Waals surface area contributed by atoms with Crippen LogP contribution in [0.15, 0.2) is 47.1 Å². The molecule has 6 heteroatoms. The lowest BCUT2D eigenvalue weighted by molar-refractivity contribution is 0.160. The Kier molecular flexibility index (Phi) is 8.30. The predicted molar refractivity (Wildman–Crippen MR) is 105 cm³/mol. The average Bonchev–Trinajstić information content (AvgIpc) is 2.87. The van der Waals surface area contributed by atoms with Gasteiger partial charge in [0.1, 0.15) is 5.82 Å². The second-order valence-electron chi connectivity index (χ2n) is 6.26. The molecule has 1 aromatic heterocycles. The van der Waals surface area contributed by atoms with E-state index in [4.69, 9.17) is 0 Å². The van der Waals surface area contributed by atoms with Crippen molar-refractivity contribution in [3.05, 3.63) is 64.1 Å². The van der Waals surface area contributed by atoms with E-state index in [0.29, 0.717) is 12.6 Å². The number of hydrogen-bond acceptors (Lipinski definition) is 3. The first-order valence-corrected chi connectivity index (χ1v) is 9.31.